The van der Waals surface area contributed by atoms with Crippen LogP contribution in [-0.4, -0.2) is 25.7 Å². The van der Waals surface area contributed by atoms with Crippen LogP contribution in [0.5, 0.6) is 0 Å². The number of Topliss-reactive ketones (excluding diaryl/α,β-unsaturated/α-hetero) is 1. The van der Waals surface area contributed by atoms with Crippen molar-refractivity contribution in [3.63, 3.8) is 0 Å². The number of carbonyl (C=O) groups excluding carboxylic acids is 1. The van der Waals surface area contributed by atoms with Crippen LogP contribution in [0.25, 0.3) is 0 Å². The van der Waals surface area contributed by atoms with Gasteiger partial charge < -0.3 is 0 Å². The predicted octanol–water partition coefficient (Wildman–Crippen LogP) is 1.95. The second kappa shape index (κ2) is 4.47. The highest BCUT2D eigenvalue weighted by molar-refractivity contribution is 7.91. The van der Waals surface area contributed by atoms with Crippen molar-refractivity contribution in [3.8, 4) is 0 Å². The van der Waals surface area contributed by atoms with Gasteiger partial charge in [-0.2, -0.15) is 0 Å². The fourth-order valence-electron chi connectivity index (χ4n) is 1.81. The van der Waals surface area contributed by atoms with Crippen molar-refractivity contribution >= 4 is 38.6 Å². The maximum Gasteiger partial charge on any atom is 0.151 e. The molecular formula is C10H11ClO3S2. The summed E-state index contributed by atoms with van der Waals surface area (Å²) in [6.45, 7) is 0. The van der Waals surface area contributed by atoms with E-state index in [9.17, 15) is 13.2 Å². The highest BCUT2D eigenvalue weighted by atomic mass is 35.5. The summed E-state index contributed by atoms with van der Waals surface area (Å²) < 4.78 is 23.1. The molecule has 0 saturated carbocycles. The molecule has 1 aromatic heterocycles. The Balaban J connectivity index is 1.99. The van der Waals surface area contributed by atoms with Crippen molar-refractivity contribution in [2.75, 3.05) is 11.5 Å². The molecule has 88 valence electrons. The van der Waals surface area contributed by atoms with Crippen molar-refractivity contribution in [2.45, 2.75) is 12.8 Å². The zero-order valence-corrected chi connectivity index (χ0v) is 10.9. The molecule has 1 saturated heterocycles. The van der Waals surface area contributed by atoms with E-state index in [1.165, 1.54) is 11.3 Å². The van der Waals surface area contributed by atoms with Crippen LogP contribution in [0.1, 0.15) is 11.3 Å². The van der Waals surface area contributed by atoms with Gasteiger partial charge in [0.05, 0.1) is 15.8 Å². The Morgan fingerprint density at radius 3 is 2.75 bits per heavy atom. The summed E-state index contributed by atoms with van der Waals surface area (Å²) in [5, 5.41) is 0. The summed E-state index contributed by atoms with van der Waals surface area (Å²) in [6.07, 6.45) is 0.776. The van der Waals surface area contributed by atoms with Crippen LogP contribution in [0.2, 0.25) is 4.34 Å². The van der Waals surface area contributed by atoms with Gasteiger partial charge in [0.1, 0.15) is 5.78 Å². The standard InChI is InChI=1S/C10H11ClO3S2/c11-10-2-1-8(15-10)5-9(12)7-3-4-16(13,14)6-7/h1-2,7H,3-6H2. The second-order valence-corrected chi connectivity index (χ2v) is 7.98. The fourth-order valence-corrected chi connectivity index (χ4v) is 4.69. The summed E-state index contributed by atoms with van der Waals surface area (Å²) in [6, 6.07) is 3.56. The number of carbonyl (C=O) groups is 1. The van der Waals surface area contributed by atoms with Crippen LogP contribution in [0, 0.1) is 5.92 Å². The van der Waals surface area contributed by atoms with Crippen LogP contribution in [0.15, 0.2) is 12.1 Å². The minimum atomic E-state index is -2.97. The summed E-state index contributed by atoms with van der Waals surface area (Å²) in [5.41, 5.74) is 0. The van der Waals surface area contributed by atoms with Crippen molar-refractivity contribution in [1.29, 1.82) is 0 Å². The Kier molecular flexibility index (Phi) is 3.37. The minimum Gasteiger partial charge on any atom is -0.299 e. The highest BCUT2D eigenvalue weighted by Gasteiger charge is 2.32. The Morgan fingerprint density at radius 1 is 1.50 bits per heavy atom. The number of rotatable bonds is 3. The molecule has 0 aliphatic carbocycles. The van der Waals surface area contributed by atoms with E-state index < -0.39 is 9.84 Å². The first-order valence-electron chi connectivity index (χ1n) is 4.94. The van der Waals surface area contributed by atoms with Gasteiger partial charge in [0.2, 0.25) is 0 Å². The SMILES string of the molecule is O=C(Cc1ccc(Cl)s1)C1CCS(=O)(=O)C1. The summed E-state index contributed by atoms with van der Waals surface area (Å²) in [5.74, 6) is -0.134. The second-order valence-electron chi connectivity index (χ2n) is 3.95. The Bertz CT molecular complexity index is 504. The topological polar surface area (TPSA) is 51.2 Å². The molecule has 1 fully saturated rings. The van der Waals surface area contributed by atoms with Gasteiger partial charge in [-0.25, -0.2) is 8.42 Å². The summed E-state index contributed by atoms with van der Waals surface area (Å²) in [7, 11) is -2.97. The van der Waals surface area contributed by atoms with Gasteiger partial charge in [-0.15, -0.1) is 11.3 Å². The molecule has 1 aliphatic rings. The van der Waals surface area contributed by atoms with Crippen molar-refractivity contribution < 1.29 is 13.2 Å². The smallest absolute Gasteiger partial charge is 0.151 e. The number of thiophene rings is 1. The van der Waals surface area contributed by atoms with Crippen LogP contribution in [0.3, 0.4) is 0 Å². The molecule has 0 amide bonds. The van der Waals surface area contributed by atoms with Crippen LogP contribution < -0.4 is 0 Å². The quantitative estimate of drug-likeness (QED) is 0.849. The normalized spacial score (nSPS) is 23.4. The minimum absolute atomic E-state index is 0.0135. The molecule has 3 nitrogen and oxygen atoms in total. The average Bonchev–Trinajstić information content (AvgIpc) is 2.72. The van der Waals surface area contributed by atoms with Gasteiger partial charge in [0, 0.05) is 17.2 Å². The van der Waals surface area contributed by atoms with E-state index in [2.05, 4.69) is 0 Å². The van der Waals surface area contributed by atoms with E-state index >= 15 is 0 Å². The molecule has 16 heavy (non-hydrogen) atoms. The largest absolute Gasteiger partial charge is 0.299 e. The van der Waals surface area contributed by atoms with Crippen molar-refractivity contribution in [1.82, 2.24) is 0 Å². The van der Waals surface area contributed by atoms with Gasteiger partial charge in [-0.1, -0.05) is 11.6 Å². The van der Waals surface area contributed by atoms with E-state index in [4.69, 9.17) is 11.6 Å². The predicted molar refractivity (Wildman–Crippen MR) is 64.8 cm³/mol. The van der Waals surface area contributed by atoms with E-state index in [1.807, 2.05) is 6.07 Å². The molecule has 1 unspecified atom stereocenters. The Hall–Kier alpha value is -0.390. The maximum absolute atomic E-state index is 11.8. The monoisotopic (exact) mass is 278 g/mol. The fraction of sp³-hybridized carbons (Fsp3) is 0.500. The number of hydrogen-bond donors (Lipinski definition) is 0. The lowest BCUT2D eigenvalue weighted by Crippen LogP contribution is -2.17. The molecule has 2 heterocycles. The molecule has 0 radical (unpaired) electrons. The van der Waals surface area contributed by atoms with E-state index in [0.717, 1.165) is 4.88 Å². The molecule has 1 aliphatic heterocycles. The van der Waals surface area contributed by atoms with Gasteiger partial charge in [0.25, 0.3) is 0 Å². The van der Waals surface area contributed by atoms with Crippen molar-refractivity contribution in [2.24, 2.45) is 5.92 Å². The third-order valence-electron chi connectivity index (χ3n) is 2.67. The van der Waals surface area contributed by atoms with Crippen LogP contribution in [0.4, 0.5) is 0 Å². The maximum atomic E-state index is 11.8. The number of hydrogen-bond acceptors (Lipinski definition) is 4. The van der Waals surface area contributed by atoms with E-state index in [0.29, 0.717) is 17.2 Å². The van der Waals surface area contributed by atoms with Gasteiger partial charge >= 0.3 is 0 Å². The molecule has 0 aromatic carbocycles. The summed E-state index contributed by atoms with van der Waals surface area (Å²) >= 11 is 7.13. The number of sulfone groups is 1. The molecule has 0 N–H and O–H groups in total. The molecular weight excluding hydrogens is 268 g/mol. The van der Waals surface area contributed by atoms with Crippen molar-refractivity contribution in [3.05, 3.63) is 21.3 Å². The van der Waals surface area contributed by atoms with Gasteiger partial charge in [-0.05, 0) is 18.6 Å². The Labute approximate surface area is 103 Å². The van der Waals surface area contributed by atoms with Crippen LogP contribution >= 0.6 is 22.9 Å². The lowest BCUT2D eigenvalue weighted by molar-refractivity contribution is -0.121. The third kappa shape index (κ3) is 2.84. The lowest BCUT2D eigenvalue weighted by atomic mass is 10.0. The van der Waals surface area contributed by atoms with Gasteiger partial charge in [0.15, 0.2) is 9.84 Å². The summed E-state index contributed by atoms with van der Waals surface area (Å²) in [4.78, 5) is 12.7. The molecule has 1 aromatic rings. The van der Waals surface area contributed by atoms with Crippen LogP contribution in [-0.2, 0) is 21.1 Å². The zero-order chi connectivity index (χ0) is 11.8. The first-order valence-corrected chi connectivity index (χ1v) is 7.95. The molecule has 1 atom stereocenters. The van der Waals surface area contributed by atoms with E-state index in [1.54, 1.807) is 6.07 Å². The first-order chi connectivity index (χ1) is 7.46. The number of ketones is 1. The molecule has 6 heteroatoms. The Morgan fingerprint density at radius 2 is 2.25 bits per heavy atom. The zero-order valence-electron chi connectivity index (χ0n) is 8.48. The third-order valence-corrected chi connectivity index (χ3v) is 5.66. The molecule has 0 bridgehead atoms. The first kappa shape index (κ1) is 12.1. The van der Waals surface area contributed by atoms with E-state index in [-0.39, 0.29) is 23.2 Å². The lowest BCUT2D eigenvalue weighted by Gasteiger charge is -2.04. The average molecular weight is 279 g/mol. The van der Waals surface area contributed by atoms with Gasteiger partial charge in [-0.3, -0.25) is 4.79 Å². The molecule has 0 spiro atoms. The highest BCUT2D eigenvalue weighted by Crippen LogP contribution is 2.25. The molecule has 2 rings (SSSR count). The number of halogens is 1.